The molecule has 15 heavy (non-hydrogen) atoms. The standard InChI is InChI=1S/C12H16FNO/c1-7-5-9(12(6-14)3-4-12)8(2)11(15)10(7)13/h5,15H,3-4,6,14H2,1-2H3. The first kappa shape index (κ1) is 10.4. The van der Waals surface area contributed by atoms with E-state index in [1.807, 2.05) is 6.07 Å². The normalized spacial score (nSPS) is 17.9. The van der Waals surface area contributed by atoms with Crippen molar-refractivity contribution in [2.24, 2.45) is 5.73 Å². The molecule has 1 aliphatic carbocycles. The van der Waals surface area contributed by atoms with Crippen molar-refractivity contribution in [3.05, 3.63) is 28.6 Å². The largest absolute Gasteiger partial charge is 0.505 e. The van der Waals surface area contributed by atoms with Crippen LogP contribution in [0, 0.1) is 19.7 Å². The molecular formula is C12H16FNO. The lowest BCUT2D eigenvalue weighted by molar-refractivity contribution is 0.423. The zero-order valence-electron chi connectivity index (χ0n) is 9.10. The number of benzene rings is 1. The molecule has 0 radical (unpaired) electrons. The summed E-state index contributed by atoms with van der Waals surface area (Å²) < 4.78 is 13.4. The van der Waals surface area contributed by atoms with Gasteiger partial charge < -0.3 is 10.8 Å². The molecule has 0 atom stereocenters. The molecule has 1 aliphatic rings. The number of phenolic OH excluding ortho intramolecular Hbond substituents is 1. The second-order valence-corrected chi connectivity index (χ2v) is 4.51. The van der Waals surface area contributed by atoms with E-state index >= 15 is 0 Å². The number of nitrogens with two attached hydrogens (primary N) is 1. The molecule has 3 heteroatoms. The smallest absolute Gasteiger partial charge is 0.167 e. The van der Waals surface area contributed by atoms with Crippen molar-refractivity contribution >= 4 is 0 Å². The molecule has 1 aromatic carbocycles. The second kappa shape index (κ2) is 3.20. The van der Waals surface area contributed by atoms with E-state index in [0.29, 0.717) is 17.7 Å². The summed E-state index contributed by atoms with van der Waals surface area (Å²) in [6.45, 7) is 3.99. The van der Waals surface area contributed by atoms with Crippen LogP contribution in [0.1, 0.15) is 29.5 Å². The monoisotopic (exact) mass is 209 g/mol. The van der Waals surface area contributed by atoms with Crippen molar-refractivity contribution in [3.8, 4) is 5.75 Å². The van der Waals surface area contributed by atoms with Crippen LogP contribution in [0.15, 0.2) is 6.07 Å². The van der Waals surface area contributed by atoms with Crippen molar-refractivity contribution in [1.82, 2.24) is 0 Å². The van der Waals surface area contributed by atoms with Gasteiger partial charge in [0, 0.05) is 12.0 Å². The number of hydrogen-bond donors (Lipinski definition) is 2. The summed E-state index contributed by atoms with van der Waals surface area (Å²) in [7, 11) is 0. The lowest BCUT2D eigenvalue weighted by Gasteiger charge is -2.18. The maximum Gasteiger partial charge on any atom is 0.167 e. The molecule has 82 valence electrons. The van der Waals surface area contributed by atoms with Crippen LogP contribution in [0.3, 0.4) is 0 Å². The van der Waals surface area contributed by atoms with Gasteiger partial charge in [-0.15, -0.1) is 0 Å². The highest BCUT2D eigenvalue weighted by Crippen LogP contribution is 2.50. The Hall–Kier alpha value is -1.09. The summed E-state index contributed by atoms with van der Waals surface area (Å²) in [6, 6.07) is 1.82. The van der Waals surface area contributed by atoms with Gasteiger partial charge in [0.05, 0.1) is 0 Å². The van der Waals surface area contributed by atoms with Crippen molar-refractivity contribution in [2.45, 2.75) is 32.1 Å². The minimum atomic E-state index is -0.510. The molecule has 1 fully saturated rings. The first-order valence-corrected chi connectivity index (χ1v) is 5.21. The number of halogens is 1. The third-order valence-electron chi connectivity index (χ3n) is 3.49. The summed E-state index contributed by atoms with van der Waals surface area (Å²) in [5, 5.41) is 9.64. The molecule has 1 aromatic rings. The van der Waals surface area contributed by atoms with Crippen molar-refractivity contribution in [3.63, 3.8) is 0 Å². The van der Waals surface area contributed by atoms with Crippen LogP contribution in [0.5, 0.6) is 5.75 Å². The topological polar surface area (TPSA) is 46.2 Å². The Morgan fingerprint density at radius 1 is 1.47 bits per heavy atom. The third kappa shape index (κ3) is 1.42. The van der Waals surface area contributed by atoms with Gasteiger partial charge in [-0.3, -0.25) is 0 Å². The molecule has 0 aliphatic heterocycles. The van der Waals surface area contributed by atoms with Crippen LogP contribution in [-0.4, -0.2) is 11.7 Å². The van der Waals surface area contributed by atoms with Crippen LogP contribution in [-0.2, 0) is 5.41 Å². The Morgan fingerprint density at radius 2 is 2.07 bits per heavy atom. The predicted molar refractivity (Wildman–Crippen MR) is 57.5 cm³/mol. The van der Waals surface area contributed by atoms with Crippen LogP contribution in [0.2, 0.25) is 0 Å². The van der Waals surface area contributed by atoms with Crippen LogP contribution < -0.4 is 5.73 Å². The van der Waals surface area contributed by atoms with E-state index in [-0.39, 0.29) is 11.2 Å². The lowest BCUT2D eigenvalue weighted by atomic mass is 9.90. The van der Waals surface area contributed by atoms with Crippen molar-refractivity contribution < 1.29 is 9.50 Å². The van der Waals surface area contributed by atoms with Crippen LogP contribution in [0.4, 0.5) is 4.39 Å². The highest BCUT2D eigenvalue weighted by Gasteiger charge is 2.44. The first-order chi connectivity index (χ1) is 7.02. The van der Waals surface area contributed by atoms with Gasteiger partial charge in [0.25, 0.3) is 0 Å². The van der Waals surface area contributed by atoms with Crippen molar-refractivity contribution in [1.29, 1.82) is 0 Å². The number of hydrogen-bond acceptors (Lipinski definition) is 2. The fourth-order valence-corrected chi connectivity index (χ4v) is 2.15. The minimum absolute atomic E-state index is 0.0000231. The summed E-state index contributed by atoms with van der Waals surface area (Å²) in [5.74, 6) is -0.728. The quantitative estimate of drug-likeness (QED) is 0.783. The second-order valence-electron chi connectivity index (χ2n) is 4.51. The molecule has 0 aromatic heterocycles. The van der Waals surface area contributed by atoms with E-state index in [1.54, 1.807) is 13.8 Å². The van der Waals surface area contributed by atoms with Gasteiger partial charge >= 0.3 is 0 Å². The average Bonchev–Trinajstić information content (AvgIpc) is 3.01. The molecule has 2 rings (SSSR count). The number of phenols is 1. The average molecular weight is 209 g/mol. The molecule has 3 N–H and O–H groups in total. The van der Waals surface area contributed by atoms with E-state index in [2.05, 4.69) is 0 Å². The first-order valence-electron chi connectivity index (χ1n) is 5.21. The highest BCUT2D eigenvalue weighted by molar-refractivity contribution is 5.49. The Kier molecular flexibility index (Phi) is 2.23. The summed E-state index contributed by atoms with van der Waals surface area (Å²) in [5.41, 5.74) is 7.88. The molecule has 1 saturated carbocycles. The molecule has 0 amide bonds. The van der Waals surface area contributed by atoms with Gasteiger partial charge in [-0.05, 0) is 43.4 Å². The Balaban J connectivity index is 2.58. The Labute approximate surface area is 88.9 Å². The zero-order chi connectivity index (χ0) is 11.2. The van der Waals surface area contributed by atoms with Gasteiger partial charge in [-0.1, -0.05) is 6.07 Å². The third-order valence-corrected chi connectivity index (χ3v) is 3.49. The highest BCUT2D eigenvalue weighted by atomic mass is 19.1. The van der Waals surface area contributed by atoms with E-state index in [9.17, 15) is 9.50 Å². The molecule has 0 spiro atoms. The van der Waals surface area contributed by atoms with Gasteiger partial charge in [0.1, 0.15) is 0 Å². The van der Waals surface area contributed by atoms with E-state index < -0.39 is 5.82 Å². The fraction of sp³-hybridized carbons (Fsp3) is 0.500. The maximum absolute atomic E-state index is 13.4. The Morgan fingerprint density at radius 3 is 2.53 bits per heavy atom. The molecule has 0 bridgehead atoms. The molecule has 0 heterocycles. The van der Waals surface area contributed by atoms with Gasteiger partial charge in [-0.2, -0.15) is 0 Å². The summed E-state index contributed by atoms with van der Waals surface area (Å²) in [6.07, 6.45) is 2.07. The maximum atomic E-state index is 13.4. The molecule has 0 unspecified atom stereocenters. The number of rotatable bonds is 2. The number of aromatic hydroxyl groups is 1. The SMILES string of the molecule is Cc1cc(C2(CN)CC2)c(C)c(O)c1F. The minimum Gasteiger partial charge on any atom is -0.505 e. The van der Waals surface area contributed by atoms with E-state index in [0.717, 1.165) is 18.4 Å². The van der Waals surface area contributed by atoms with E-state index in [4.69, 9.17) is 5.73 Å². The van der Waals surface area contributed by atoms with Crippen LogP contribution >= 0.6 is 0 Å². The van der Waals surface area contributed by atoms with Gasteiger partial charge in [0.15, 0.2) is 11.6 Å². The summed E-state index contributed by atoms with van der Waals surface area (Å²) >= 11 is 0. The molecule has 0 saturated heterocycles. The van der Waals surface area contributed by atoms with Gasteiger partial charge in [-0.25, -0.2) is 4.39 Å². The van der Waals surface area contributed by atoms with Gasteiger partial charge in [0.2, 0.25) is 0 Å². The lowest BCUT2D eigenvalue weighted by Crippen LogP contribution is -2.21. The number of aryl methyl sites for hydroxylation is 1. The fourth-order valence-electron chi connectivity index (χ4n) is 2.15. The summed E-state index contributed by atoms with van der Waals surface area (Å²) in [4.78, 5) is 0. The van der Waals surface area contributed by atoms with E-state index in [1.165, 1.54) is 0 Å². The zero-order valence-corrected chi connectivity index (χ0v) is 9.10. The molecular weight excluding hydrogens is 193 g/mol. The predicted octanol–water partition coefficient (Wildman–Crippen LogP) is 2.14. The Bertz CT molecular complexity index is 411. The van der Waals surface area contributed by atoms with Crippen LogP contribution in [0.25, 0.3) is 0 Å². The molecule has 2 nitrogen and oxygen atoms in total. The van der Waals surface area contributed by atoms with Crippen molar-refractivity contribution in [2.75, 3.05) is 6.54 Å².